The maximum absolute atomic E-state index is 12.5. The Hall–Kier alpha value is -1.36. The first-order chi connectivity index (χ1) is 8.37. The van der Waals surface area contributed by atoms with Crippen LogP contribution in [0.25, 0.3) is 0 Å². The average Bonchev–Trinajstić information content (AvgIpc) is 2.80. The van der Waals surface area contributed by atoms with Gasteiger partial charge in [-0.15, -0.1) is 0 Å². The van der Waals surface area contributed by atoms with Crippen molar-refractivity contribution >= 4 is 5.91 Å². The van der Waals surface area contributed by atoms with E-state index in [1.165, 1.54) is 0 Å². The third-order valence-corrected chi connectivity index (χ3v) is 3.42. The smallest absolute Gasteiger partial charge is 0.272 e. The van der Waals surface area contributed by atoms with Gasteiger partial charge in [-0.05, 0) is 33.3 Å². The molecule has 5 heteroatoms. The van der Waals surface area contributed by atoms with Crippen LogP contribution in [-0.4, -0.2) is 39.7 Å². The van der Waals surface area contributed by atoms with Crippen LogP contribution in [0.5, 0.6) is 0 Å². The molecule has 18 heavy (non-hydrogen) atoms. The summed E-state index contributed by atoms with van der Waals surface area (Å²) in [7, 11) is 1.79. The van der Waals surface area contributed by atoms with E-state index in [0.717, 1.165) is 12.1 Å². The van der Waals surface area contributed by atoms with E-state index in [1.54, 1.807) is 16.6 Å². The third-order valence-electron chi connectivity index (χ3n) is 3.42. The Labute approximate surface area is 109 Å². The minimum atomic E-state index is -0.355. The molecule has 0 aliphatic carbocycles. The molecule has 1 aromatic rings. The summed E-state index contributed by atoms with van der Waals surface area (Å²) in [6.07, 6.45) is 0.831. The zero-order valence-electron chi connectivity index (χ0n) is 12.0. The van der Waals surface area contributed by atoms with Gasteiger partial charge in [-0.25, -0.2) is 0 Å². The van der Waals surface area contributed by atoms with Crippen LogP contribution in [0.15, 0.2) is 6.07 Å². The van der Waals surface area contributed by atoms with Gasteiger partial charge in [-0.2, -0.15) is 5.10 Å². The first-order valence-corrected chi connectivity index (χ1v) is 6.42. The molecular formula is C13H24N4O. The summed E-state index contributed by atoms with van der Waals surface area (Å²) in [5, 5.41) is 4.40. The van der Waals surface area contributed by atoms with Gasteiger partial charge < -0.3 is 10.6 Å². The van der Waals surface area contributed by atoms with Crippen molar-refractivity contribution in [2.75, 3.05) is 13.6 Å². The minimum absolute atomic E-state index is 0.0282. The second-order valence-electron chi connectivity index (χ2n) is 5.07. The van der Waals surface area contributed by atoms with Crippen LogP contribution in [-0.2, 0) is 13.0 Å². The Kier molecular flexibility index (Phi) is 4.51. The normalized spacial score (nSPS) is 11.7. The quantitative estimate of drug-likeness (QED) is 0.858. The number of nitrogens with zero attached hydrogens (tertiary/aromatic N) is 3. The Bertz CT molecular complexity index is 423. The fraction of sp³-hybridized carbons (Fsp3) is 0.692. The summed E-state index contributed by atoms with van der Waals surface area (Å²) in [4.78, 5) is 14.2. The zero-order valence-corrected chi connectivity index (χ0v) is 12.0. The largest absolute Gasteiger partial charge is 0.334 e. The van der Waals surface area contributed by atoms with Gasteiger partial charge in [0.25, 0.3) is 5.91 Å². The number of hydrogen-bond donors (Lipinski definition) is 1. The number of carbonyl (C=O) groups is 1. The fourth-order valence-corrected chi connectivity index (χ4v) is 1.64. The molecular weight excluding hydrogens is 228 g/mol. The summed E-state index contributed by atoms with van der Waals surface area (Å²) in [5.41, 5.74) is 6.93. The lowest BCUT2D eigenvalue weighted by atomic mass is 10.0. The average molecular weight is 252 g/mol. The lowest BCUT2D eigenvalue weighted by molar-refractivity contribution is 0.0627. The molecule has 2 N–H and O–H groups in total. The Morgan fingerprint density at radius 1 is 1.50 bits per heavy atom. The van der Waals surface area contributed by atoms with E-state index in [4.69, 9.17) is 5.73 Å². The molecule has 0 aliphatic rings. The predicted molar refractivity (Wildman–Crippen MR) is 72.5 cm³/mol. The van der Waals surface area contributed by atoms with Gasteiger partial charge in [-0.1, -0.05) is 6.92 Å². The number of aryl methyl sites for hydroxylation is 2. The summed E-state index contributed by atoms with van der Waals surface area (Å²) >= 11 is 0. The second-order valence-corrected chi connectivity index (χ2v) is 5.07. The molecule has 1 amide bonds. The number of hydrogen-bond acceptors (Lipinski definition) is 3. The van der Waals surface area contributed by atoms with Crippen molar-refractivity contribution in [1.29, 1.82) is 0 Å². The molecule has 5 nitrogen and oxygen atoms in total. The highest BCUT2D eigenvalue weighted by Crippen LogP contribution is 2.16. The SMILES string of the molecule is CCc1cc(C(=O)N(C)C(C)(C)CN)n(CC)n1. The van der Waals surface area contributed by atoms with Crippen molar-refractivity contribution < 1.29 is 4.79 Å². The van der Waals surface area contributed by atoms with Crippen molar-refractivity contribution in [1.82, 2.24) is 14.7 Å². The van der Waals surface area contributed by atoms with E-state index in [0.29, 0.717) is 18.8 Å². The molecule has 0 aromatic carbocycles. The van der Waals surface area contributed by atoms with Gasteiger partial charge in [0.1, 0.15) is 5.69 Å². The Morgan fingerprint density at radius 3 is 2.56 bits per heavy atom. The first kappa shape index (κ1) is 14.7. The number of aromatic nitrogens is 2. The highest BCUT2D eigenvalue weighted by molar-refractivity contribution is 5.93. The number of nitrogens with two attached hydrogens (primary N) is 1. The summed E-state index contributed by atoms with van der Waals surface area (Å²) < 4.78 is 1.75. The van der Waals surface area contributed by atoms with Crippen molar-refractivity contribution in [3.8, 4) is 0 Å². The van der Waals surface area contributed by atoms with Crippen LogP contribution in [0.1, 0.15) is 43.9 Å². The molecule has 0 radical (unpaired) electrons. The van der Waals surface area contributed by atoms with Crippen molar-refractivity contribution in [2.24, 2.45) is 5.73 Å². The van der Waals surface area contributed by atoms with Crippen LogP contribution >= 0.6 is 0 Å². The number of carbonyl (C=O) groups excluding carboxylic acids is 1. The van der Waals surface area contributed by atoms with Crippen molar-refractivity contribution in [2.45, 2.75) is 46.2 Å². The van der Waals surface area contributed by atoms with E-state index in [1.807, 2.05) is 33.8 Å². The maximum atomic E-state index is 12.5. The lowest BCUT2D eigenvalue weighted by Crippen LogP contribution is -2.50. The first-order valence-electron chi connectivity index (χ1n) is 6.42. The summed E-state index contributed by atoms with van der Waals surface area (Å²) in [6.45, 7) is 9.05. The Balaban J connectivity index is 3.06. The molecule has 0 bridgehead atoms. The molecule has 1 aromatic heterocycles. The monoisotopic (exact) mass is 252 g/mol. The van der Waals surface area contributed by atoms with Crippen LogP contribution in [0.3, 0.4) is 0 Å². The molecule has 0 saturated heterocycles. The molecule has 1 rings (SSSR count). The van der Waals surface area contributed by atoms with Crippen LogP contribution in [0.2, 0.25) is 0 Å². The van der Waals surface area contributed by atoms with Gasteiger partial charge in [0, 0.05) is 25.7 Å². The molecule has 102 valence electrons. The molecule has 0 saturated carbocycles. The standard InChI is InChI=1S/C13H24N4O/c1-6-10-8-11(17(7-2)15-10)12(18)16(5)13(3,4)9-14/h8H,6-7,9,14H2,1-5H3. The van der Waals surface area contributed by atoms with Gasteiger partial charge in [0.2, 0.25) is 0 Å². The number of likely N-dealkylation sites (N-methyl/N-ethyl adjacent to an activating group) is 1. The van der Waals surface area contributed by atoms with Crippen LogP contribution in [0, 0.1) is 0 Å². The number of rotatable bonds is 5. The van der Waals surface area contributed by atoms with Crippen LogP contribution < -0.4 is 5.73 Å². The van der Waals surface area contributed by atoms with E-state index in [-0.39, 0.29) is 11.4 Å². The predicted octanol–water partition coefficient (Wildman–Crippen LogP) is 1.27. The second kappa shape index (κ2) is 5.52. The van der Waals surface area contributed by atoms with Gasteiger partial charge in [0.15, 0.2) is 0 Å². The number of amides is 1. The van der Waals surface area contributed by atoms with Gasteiger partial charge in [0.05, 0.1) is 5.69 Å². The van der Waals surface area contributed by atoms with Gasteiger partial charge in [-0.3, -0.25) is 9.48 Å². The van der Waals surface area contributed by atoms with E-state index >= 15 is 0 Å². The topological polar surface area (TPSA) is 64.2 Å². The summed E-state index contributed by atoms with van der Waals surface area (Å²) in [6, 6.07) is 1.87. The minimum Gasteiger partial charge on any atom is -0.334 e. The summed E-state index contributed by atoms with van der Waals surface area (Å²) in [5.74, 6) is -0.0282. The highest BCUT2D eigenvalue weighted by atomic mass is 16.2. The zero-order chi connectivity index (χ0) is 13.9. The van der Waals surface area contributed by atoms with Crippen molar-refractivity contribution in [3.05, 3.63) is 17.5 Å². The molecule has 0 fully saturated rings. The van der Waals surface area contributed by atoms with Gasteiger partial charge >= 0.3 is 0 Å². The molecule has 0 aliphatic heterocycles. The van der Waals surface area contributed by atoms with E-state index in [2.05, 4.69) is 5.10 Å². The molecule has 0 atom stereocenters. The Morgan fingerprint density at radius 2 is 2.11 bits per heavy atom. The van der Waals surface area contributed by atoms with E-state index < -0.39 is 0 Å². The maximum Gasteiger partial charge on any atom is 0.272 e. The van der Waals surface area contributed by atoms with Crippen molar-refractivity contribution in [3.63, 3.8) is 0 Å². The molecule has 1 heterocycles. The lowest BCUT2D eigenvalue weighted by Gasteiger charge is -2.34. The highest BCUT2D eigenvalue weighted by Gasteiger charge is 2.28. The van der Waals surface area contributed by atoms with E-state index in [9.17, 15) is 4.79 Å². The fourth-order valence-electron chi connectivity index (χ4n) is 1.64. The molecule has 0 unspecified atom stereocenters. The van der Waals surface area contributed by atoms with Crippen LogP contribution in [0.4, 0.5) is 0 Å². The molecule has 0 spiro atoms. The third kappa shape index (κ3) is 2.72.